The number of amides is 1. The molecule has 2 heterocycles. The Morgan fingerprint density at radius 1 is 1.33 bits per heavy atom. The summed E-state index contributed by atoms with van der Waals surface area (Å²) < 4.78 is 18.2. The van der Waals surface area contributed by atoms with Crippen LogP contribution in [0.4, 0.5) is 0 Å². The lowest BCUT2D eigenvalue weighted by atomic mass is 10.1. The lowest BCUT2D eigenvalue weighted by Gasteiger charge is -2.20. The van der Waals surface area contributed by atoms with Crippen LogP contribution >= 0.6 is 0 Å². The molecule has 0 fully saturated rings. The first-order chi connectivity index (χ1) is 11.8. The van der Waals surface area contributed by atoms with Gasteiger partial charge in [0.15, 0.2) is 11.5 Å². The molecule has 24 heavy (non-hydrogen) atoms. The summed E-state index contributed by atoms with van der Waals surface area (Å²) in [6, 6.07) is 3.64. The number of rotatable bonds is 7. The van der Waals surface area contributed by atoms with Crippen LogP contribution in [0.25, 0.3) is 0 Å². The van der Waals surface area contributed by atoms with E-state index in [1.807, 2.05) is 6.07 Å². The van der Waals surface area contributed by atoms with Crippen LogP contribution in [0.3, 0.4) is 0 Å². The van der Waals surface area contributed by atoms with E-state index in [0.717, 1.165) is 5.56 Å². The summed E-state index contributed by atoms with van der Waals surface area (Å²) in [6.07, 6.45) is 4.24. The molecule has 0 bridgehead atoms. The van der Waals surface area contributed by atoms with Crippen molar-refractivity contribution in [3.63, 3.8) is 0 Å². The zero-order valence-electron chi connectivity index (χ0n) is 13.5. The fraction of sp³-hybridized carbons (Fsp3) is 0.438. The average molecular weight is 332 g/mol. The number of nitrogens with one attached hydrogen (secondary N) is 1. The van der Waals surface area contributed by atoms with Crippen molar-refractivity contribution in [1.29, 1.82) is 0 Å². The van der Waals surface area contributed by atoms with Crippen LogP contribution in [0.1, 0.15) is 18.4 Å². The molecule has 0 radical (unpaired) electrons. The lowest BCUT2D eigenvalue weighted by molar-refractivity contribution is -0.121. The number of carbonyl (C=O) groups is 1. The zero-order chi connectivity index (χ0) is 16.8. The van der Waals surface area contributed by atoms with Crippen molar-refractivity contribution in [3.05, 3.63) is 30.4 Å². The first-order valence-corrected chi connectivity index (χ1v) is 7.82. The maximum Gasteiger partial charge on any atom is 0.220 e. The minimum Gasteiger partial charge on any atom is -0.496 e. The number of hydrogen-bond donors (Lipinski definition) is 1. The Labute approximate surface area is 139 Å². The number of hydrogen-bond acceptors (Lipinski definition) is 6. The highest BCUT2D eigenvalue weighted by Gasteiger charge is 2.16. The minimum absolute atomic E-state index is 0.0212. The SMILES string of the molecule is COc1cc2c(cc1CNC(=O)CCCn1cncn1)OCCO2. The van der Waals surface area contributed by atoms with Crippen LogP contribution in [-0.2, 0) is 17.9 Å². The van der Waals surface area contributed by atoms with E-state index in [-0.39, 0.29) is 5.91 Å². The van der Waals surface area contributed by atoms with Crippen LogP contribution < -0.4 is 19.5 Å². The highest BCUT2D eigenvalue weighted by molar-refractivity contribution is 5.76. The molecular weight excluding hydrogens is 312 g/mol. The lowest BCUT2D eigenvalue weighted by Crippen LogP contribution is -2.23. The molecule has 3 rings (SSSR count). The van der Waals surface area contributed by atoms with Crippen molar-refractivity contribution in [2.75, 3.05) is 20.3 Å². The van der Waals surface area contributed by atoms with Gasteiger partial charge in [-0.2, -0.15) is 5.10 Å². The third kappa shape index (κ3) is 3.95. The molecule has 0 unspecified atom stereocenters. The molecule has 8 heteroatoms. The van der Waals surface area contributed by atoms with E-state index in [2.05, 4.69) is 15.4 Å². The Hall–Kier alpha value is -2.77. The first kappa shape index (κ1) is 16.1. The number of fused-ring (bicyclic) bond motifs is 1. The molecule has 1 aliphatic heterocycles. The number of benzene rings is 1. The first-order valence-electron chi connectivity index (χ1n) is 7.82. The van der Waals surface area contributed by atoms with Crippen molar-refractivity contribution >= 4 is 5.91 Å². The Morgan fingerprint density at radius 2 is 2.12 bits per heavy atom. The van der Waals surface area contributed by atoms with Crippen molar-refractivity contribution in [2.45, 2.75) is 25.9 Å². The van der Waals surface area contributed by atoms with Gasteiger partial charge < -0.3 is 19.5 Å². The van der Waals surface area contributed by atoms with Crippen molar-refractivity contribution in [2.24, 2.45) is 0 Å². The maximum atomic E-state index is 12.0. The summed E-state index contributed by atoms with van der Waals surface area (Å²) in [5.41, 5.74) is 0.853. The number of ether oxygens (including phenoxy) is 3. The van der Waals surface area contributed by atoms with E-state index >= 15 is 0 Å². The van der Waals surface area contributed by atoms with E-state index in [1.54, 1.807) is 24.2 Å². The maximum absolute atomic E-state index is 12.0. The molecule has 0 saturated carbocycles. The number of carbonyl (C=O) groups excluding carboxylic acids is 1. The smallest absolute Gasteiger partial charge is 0.220 e. The van der Waals surface area contributed by atoms with Gasteiger partial charge in [-0.05, 0) is 12.5 Å². The van der Waals surface area contributed by atoms with Gasteiger partial charge in [-0.25, -0.2) is 4.98 Å². The Morgan fingerprint density at radius 3 is 2.83 bits per heavy atom. The predicted octanol–water partition coefficient (Wildman–Crippen LogP) is 1.15. The fourth-order valence-corrected chi connectivity index (χ4v) is 2.47. The summed E-state index contributed by atoms with van der Waals surface area (Å²) in [4.78, 5) is 15.8. The van der Waals surface area contributed by atoms with Crippen molar-refractivity contribution in [1.82, 2.24) is 20.1 Å². The average Bonchev–Trinajstić information content (AvgIpc) is 3.12. The molecule has 8 nitrogen and oxygen atoms in total. The minimum atomic E-state index is -0.0212. The van der Waals surface area contributed by atoms with Crippen LogP contribution in [0.2, 0.25) is 0 Å². The molecule has 2 aromatic rings. The Kier molecular flexibility index (Phi) is 5.15. The molecule has 1 aromatic heterocycles. The van der Waals surface area contributed by atoms with Crippen molar-refractivity contribution in [3.8, 4) is 17.2 Å². The van der Waals surface area contributed by atoms with Gasteiger partial charge in [0.05, 0.1) is 7.11 Å². The van der Waals surface area contributed by atoms with Crippen LogP contribution in [0.15, 0.2) is 24.8 Å². The second-order valence-electron chi connectivity index (χ2n) is 5.35. The van der Waals surface area contributed by atoms with Gasteiger partial charge in [0.25, 0.3) is 0 Å². The van der Waals surface area contributed by atoms with E-state index < -0.39 is 0 Å². The number of aryl methyl sites for hydroxylation is 1. The summed E-state index contributed by atoms with van der Waals surface area (Å²) >= 11 is 0. The molecule has 1 amide bonds. The summed E-state index contributed by atoms with van der Waals surface area (Å²) in [6.45, 7) is 2.09. The highest BCUT2D eigenvalue weighted by Crippen LogP contribution is 2.36. The monoisotopic (exact) mass is 332 g/mol. The second kappa shape index (κ2) is 7.67. The second-order valence-corrected chi connectivity index (χ2v) is 5.35. The molecule has 0 spiro atoms. The molecule has 0 saturated heterocycles. The molecule has 1 aliphatic rings. The van der Waals surface area contributed by atoms with Crippen molar-refractivity contribution < 1.29 is 19.0 Å². The normalized spacial score (nSPS) is 12.7. The van der Waals surface area contributed by atoms with E-state index in [9.17, 15) is 4.79 Å². The van der Waals surface area contributed by atoms with Gasteiger partial charge in [-0.1, -0.05) is 0 Å². The van der Waals surface area contributed by atoms with Gasteiger partial charge >= 0.3 is 0 Å². The molecule has 1 N–H and O–H groups in total. The molecule has 0 atom stereocenters. The topological polar surface area (TPSA) is 87.5 Å². The summed E-state index contributed by atoms with van der Waals surface area (Å²) in [5, 5.41) is 6.90. The number of nitrogens with zero attached hydrogens (tertiary/aromatic N) is 3. The largest absolute Gasteiger partial charge is 0.496 e. The predicted molar refractivity (Wildman–Crippen MR) is 85.1 cm³/mol. The van der Waals surface area contributed by atoms with Crippen LogP contribution in [0, 0.1) is 0 Å². The van der Waals surface area contributed by atoms with E-state index in [0.29, 0.717) is 56.4 Å². The number of methoxy groups -OCH3 is 1. The van der Waals surface area contributed by atoms with Gasteiger partial charge in [-0.3, -0.25) is 9.48 Å². The van der Waals surface area contributed by atoms with Gasteiger partial charge in [0.1, 0.15) is 31.6 Å². The third-order valence-corrected chi connectivity index (χ3v) is 3.68. The van der Waals surface area contributed by atoms with Gasteiger partial charge in [0, 0.05) is 31.1 Å². The molecule has 128 valence electrons. The van der Waals surface area contributed by atoms with E-state index in [1.165, 1.54) is 6.33 Å². The fourth-order valence-electron chi connectivity index (χ4n) is 2.47. The Bertz CT molecular complexity index is 688. The molecule has 0 aliphatic carbocycles. The van der Waals surface area contributed by atoms with E-state index in [4.69, 9.17) is 14.2 Å². The van der Waals surface area contributed by atoms with Gasteiger partial charge in [-0.15, -0.1) is 0 Å². The molecule has 1 aromatic carbocycles. The van der Waals surface area contributed by atoms with Gasteiger partial charge in [0.2, 0.25) is 5.91 Å². The standard InChI is InChI=1S/C16H20N4O4/c1-22-13-8-15-14(23-5-6-24-15)7-12(13)9-18-16(21)3-2-4-20-11-17-10-19-20/h7-8,10-11H,2-6,9H2,1H3,(H,18,21). The molecular formula is C16H20N4O4. The third-order valence-electron chi connectivity index (χ3n) is 3.68. The van der Waals surface area contributed by atoms with Crippen LogP contribution in [0.5, 0.6) is 17.2 Å². The highest BCUT2D eigenvalue weighted by atomic mass is 16.6. The van der Waals surface area contributed by atoms with Crippen LogP contribution in [-0.4, -0.2) is 41.0 Å². The summed E-state index contributed by atoms with van der Waals surface area (Å²) in [5.74, 6) is 1.99. The summed E-state index contributed by atoms with van der Waals surface area (Å²) in [7, 11) is 1.59. The Balaban J connectivity index is 1.52. The number of aromatic nitrogens is 3. The quantitative estimate of drug-likeness (QED) is 0.818. The zero-order valence-corrected chi connectivity index (χ0v) is 13.5.